The van der Waals surface area contributed by atoms with Crippen molar-refractivity contribution in [1.82, 2.24) is 0 Å². The van der Waals surface area contributed by atoms with E-state index in [1.807, 2.05) is 36.4 Å². The minimum absolute atomic E-state index is 0.0888. The number of fused-ring (bicyclic) bond motifs is 1. The van der Waals surface area contributed by atoms with Crippen molar-refractivity contribution < 1.29 is 9.13 Å². The zero-order chi connectivity index (χ0) is 22.7. The first-order chi connectivity index (χ1) is 15.8. The van der Waals surface area contributed by atoms with Crippen molar-refractivity contribution in [2.24, 2.45) is 0 Å². The van der Waals surface area contributed by atoms with Crippen LogP contribution in [0.25, 0.3) is 10.8 Å². The Bertz CT molecular complexity index is 711. The van der Waals surface area contributed by atoms with Crippen LogP contribution in [0.4, 0.5) is 4.39 Å². The van der Waals surface area contributed by atoms with E-state index in [-0.39, 0.29) is 5.82 Å². The van der Waals surface area contributed by atoms with Gasteiger partial charge in [-0.15, -0.1) is 0 Å². The lowest BCUT2D eigenvalue weighted by molar-refractivity contribution is 0.132. The molecule has 0 bridgehead atoms. The van der Waals surface area contributed by atoms with Crippen molar-refractivity contribution >= 4 is 10.8 Å². The van der Waals surface area contributed by atoms with Crippen LogP contribution in [0.5, 0.6) is 0 Å². The molecule has 1 nitrogen and oxygen atoms in total. The van der Waals surface area contributed by atoms with Crippen molar-refractivity contribution in [3.63, 3.8) is 0 Å². The molecule has 180 valence electrons. The second kappa shape index (κ2) is 18.1. The SMILES string of the molecule is CCCCCCCCCCCCCCCCCCOCCc1ccc2ccccc2c1F. The van der Waals surface area contributed by atoms with Crippen LogP contribution < -0.4 is 0 Å². The number of rotatable bonds is 20. The average molecular weight is 443 g/mol. The number of hydrogen-bond donors (Lipinski definition) is 0. The molecule has 0 saturated carbocycles. The van der Waals surface area contributed by atoms with E-state index in [0.29, 0.717) is 18.4 Å². The standard InChI is InChI=1S/C30H47FO/c1-2-3-4-5-6-7-8-9-10-11-12-13-14-15-16-19-25-32-26-24-28-23-22-27-20-17-18-21-29(27)30(28)31/h17-18,20-23H,2-16,19,24-26H2,1H3. The van der Waals surface area contributed by atoms with Crippen LogP contribution in [0.3, 0.4) is 0 Å². The van der Waals surface area contributed by atoms with Crippen LogP contribution in [-0.2, 0) is 11.2 Å². The maximum Gasteiger partial charge on any atom is 0.134 e. The Kier molecular flexibility index (Phi) is 15.2. The van der Waals surface area contributed by atoms with Crippen LogP contribution in [0, 0.1) is 5.82 Å². The fourth-order valence-corrected chi connectivity index (χ4v) is 4.51. The summed E-state index contributed by atoms with van der Waals surface area (Å²) in [7, 11) is 0. The third-order valence-corrected chi connectivity index (χ3v) is 6.60. The van der Waals surface area contributed by atoms with E-state index in [9.17, 15) is 4.39 Å². The monoisotopic (exact) mass is 442 g/mol. The molecule has 0 unspecified atom stereocenters. The van der Waals surface area contributed by atoms with Gasteiger partial charge in [-0.3, -0.25) is 0 Å². The maximum atomic E-state index is 14.5. The summed E-state index contributed by atoms with van der Waals surface area (Å²) in [6, 6.07) is 11.5. The fraction of sp³-hybridized carbons (Fsp3) is 0.667. The zero-order valence-corrected chi connectivity index (χ0v) is 20.7. The highest BCUT2D eigenvalue weighted by atomic mass is 19.1. The van der Waals surface area contributed by atoms with Gasteiger partial charge in [0.1, 0.15) is 5.82 Å². The average Bonchev–Trinajstić information content (AvgIpc) is 2.82. The fourth-order valence-electron chi connectivity index (χ4n) is 4.51. The third kappa shape index (κ3) is 11.5. The summed E-state index contributed by atoms with van der Waals surface area (Å²) in [6.45, 7) is 3.69. The Morgan fingerprint density at radius 2 is 1.12 bits per heavy atom. The highest BCUT2D eigenvalue weighted by Gasteiger charge is 2.06. The van der Waals surface area contributed by atoms with Crippen LogP contribution in [-0.4, -0.2) is 13.2 Å². The second-order valence-electron chi connectivity index (χ2n) is 9.43. The van der Waals surface area contributed by atoms with Gasteiger partial charge in [-0.25, -0.2) is 4.39 Å². The summed E-state index contributed by atoms with van der Waals surface area (Å²) < 4.78 is 20.3. The van der Waals surface area contributed by atoms with E-state index >= 15 is 0 Å². The Morgan fingerprint density at radius 1 is 0.594 bits per heavy atom. The molecule has 0 aliphatic rings. The number of ether oxygens (including phenoxy) is 1. The summed E-state index contributed by atoms with van der Waals surface area (Å²) in [5.74, 6) is -0.0888. The van der Waals surface area contributed by atoms with Gasteiger partial charge in [0.15, 0.2) is 0 Å². The molecule has 0 aromatic heterocycles. The molecule has 32 heavy (non-hydrogen) atoms. The van der Waals surface area contributed by atoms with Crippen molar-refractivity contribution in [2.75, 3.05) is 13.2 Å². The van der Waals surface area contributed by atoms with E-state index in [0.717, 1.165) is 24.0 Å². The van der Waals surface area contributed by atoms with Crippen molar-refractivity contribution in [2.45, 2.75) is 116 Å². The normalized spacial score (nSPS) is 11.4. The van der Waals surface area contributed by atoms with E-state index in [1.165, 1.54) is 96.3 Å². The lowest BCUT2D eigenvalue weighted by Crippen LogP contribution is -2.02. The van der Waals surface area contributed by atoms with Crippen LogP contribution in [0.1, 0.15) is 115 Å². The van der Waals surface area contributed by atoms with E-state index < -0.39 is 0 Å². The predicted octanol–water partition coefficient (Wildman–Crippen LogP) is 9.80. The second-order valence-corrected chi connectivity index (χ2v) is 9.43. The van der Waals surface area contributed by atoms with E-state index in [2.05, 4.69) is 6.92 Å². The van der Waals surface area contributed by atoms with Crippen LogP contribution in [0.2, 0.25) is 0 Å². The molecule has 0 heterocycles. The third-order valence-electron chi connectivity index (χ3n) is 6.60. The van der Waals surface area contributed by atoms with Gasteiger partial charge in [0.25, 0.3) is 0 Å². The number of unbranched alkanes of at least 4 members (excludes halogenated alkanes) is 15. The number of halogens is 1. The van der Waals surface area contributed by atoms with Gasteiger partial charge < -0.3 is 4.74 Å². The van der Waals surface area contributed by atoms with Crippen LogP contribution in [0.15, 0.2) is 36.4 Å². The molecular formula is C30H47FO. The summed E-state index contributed by atoms with van der Waals surface area (Å²) in [5.41, 5.74) is 0.760. The van der Waals surface area contributed by atoms with Crippen molar-refractivity contribution in [3.8, 4) is 0 Å². The molecule has 0 amide bonds. The molecule has 0 aliphatic carbocycles. The molecule has 2 heteroatoms. The first kappa shape index (κ1) is 26.8. The molecule has 0 aliphatic heterocycles. The van der Waals surface area contributed by atoms with Gasteiger partial charge in [-0.2, -0.15) is 0 Å². The van der Waals surface area contributed by atoms with Crippen molar-refractivity contribution in [1.29, 1.82) is 0 Å². The molecule has 2 aromatic carbocycles. The molecule has 2 aromatic rings. The number of hydrogen-bond acceptors (Lipinski definition) is 1. The first-order valence-electron chi connectivity index (χ1n) is 13.6. The minimum atomic E-state index is -0.0888. The summed E-state index contributed by atoms with van der Waals surface area (Å²) in [4.78, 5) is 0. The number of benzene rings is 2. The lowest BCUT2D eigenvalue weighted by Gasteiger charge is -2.08. The van der Waals surface area contributed by atoms with Gasteiger partial charge in [0, 0.05) is 12.0 Å². The predicted molar refractivity (Wildman–Crippen MR) is 138 cm³/mol. The van der Waals surface area contributed by atoms with E-state index in [4.69, 9.17) is 4.74 Å². The molecule has 0 radical (unpaired) electrons. The van der Waals surface area contributed by atoms with E-state index in [1.54, 1.807) is 0 Å². The van der Waals surface area contributed by atoms with Crippen molar-refractivity contribution in [3.05, 3.63) is 47.8 Å². The molecule has 0 fully saturated rings. The van der Waals surface area contributed by atoms with Gasteiger partial charge >= 0.3 is 0 Å². The lowest BCUT2D eigenvalue weighted by atomic mass is 10.0. The zero-order valence-electron chi connectivity index (χ0n) is 20.7. The summed E-state index contributed by atoms with van der Waals surface area (Å²) in [5, 5.41) is 1.67. The Balaban J connectivity index is 1.34. The Hall–Kier alpha value is -1.41. The molecule has 0 spiro atoms. The minimum Gasteiger partial charge on any atom is -0.381 e. The first-order valence-corrected chi connectivity index (χ1v) is 13.6. The quantitative estimate of drug-likeness (QED) is 0.185. The highest BCUT2D eigenvalue weighted by Crippen LogP contribution is 2.21. The summed E-state index contributed by atoms with van der Waals surface area (Å²) >= 11 is 0. The molecular weight excluding hydrogens is 395 g/mol. The smallest absolute Gasteiger partial charge is 0.134 e. The molecule has 0 saturated heterocycles. The van der Waals surface area contributed by atoms with Gasteiger partial charge in [-0.05, 0) is 23.8 Å². The largest absolute Gasteiger partial charge is 0.381 e. The molecule has 2 rings (SSSR count). The molecule has 0 N–H and O–H groups in total. The van der Waals surface area contributed by atoms with Gasteiger partial charge in [0.2, 0.25) is 0 Å². The Labute approximate surface area is 197 Å². The maximum absolute atomic E-state index is 14.5. The molecule has 0 atom stereocenters. The summed E-state index contributed by atoms with van der Waals surface area (Å²) in [6.07, 6.45) is 22.8. The highest BCUT2D eigenvalue weighted by molar-refractivity contribution is 5.83. The van der Waals surface area contributed by atoms with Crippen LogP contribution >= 0.6 is 0 Å². The van der Waals surface area contributed by atoms with Gasteiger partial charge in [0.05, 0.1) is 6.61 Å². The topological polar surface area (TPSA) is 9.23 Å². The Morgan fingerprint density at radius 3 is 1.72 bits per heavy atom. The van der Waals surface area contributed by atoms with Gasteiger partial charge in [-0.1, -0.05) is 140 Å².